The third-order valence-corrected chi connectivity index (χ3v) is 0.723. The summed E-state index contributed by atoms with van der Waals surface area (Å²) in [4.78, 5) is 10.0. The summed E-state index contributed by atoms with van der Waals surface area (Å²) < 4.78 is 0. The summed E-state index contributed by atoms with van der Waals surface area (Å²) in [5.41, 5.74) is 0. The highest BCUT2D eigenvalue weighted by Crippen LogP contribution is 2.01. The van der Waals surface area contributed by atoms with Crippen LogP contribution in [-0.4, -0.2) is 5.24 Å². The van der Waals surface area contributed by atoms with Gasteiger partial charge in [0.1, 0.15) is 0 Å². The smallest absolute Gasteiger partial charge is 0.221 e. The number of carbonyl (C=O) groups is 1. The van der Waals surface area contributed by atoms with Crippen molar-refractivity contribution in [3.63, 3.8) is 0 Å². The van der Waals surface area contributed by atoms with Crippen LogP contribution in [0.15, 0.2) is 0 Å². The minimum absolute atomic E-state index is 0. The first-order chi connectivity index (χ1) is 3.13. The largest absolute Gasteiger partial charge is 0.344 e. The van der Waals surface area contributed by atoms with Crippen LogP contribution in [0.4, 0.5) is 0 Å². The first-order valence-electron chi connectivity index (χ1n) is 2.31. The SMILES string of the molecule is CC(C)CC(=O)Cl.N. The molecule has 0 aromatic heterocycles. The molecule has 0 aromatic rings. The van der Waals surface area contributed by atoms with Crippen molar-refractivity contribution < 1.29 is 4.79 Å². The minimum Gasteiger partial charge on any atom is -0.344 e. The van der Waals surface area contributed by atoms with Gasteiger partial charge in [0.25, 0.3) is 0 Å². The molecule has 0 rings (SSSR count). The predicted octanol–water partition coefficient (Wildman–Crippen LogP) is 1.96. The number of halogens is 1. The van der Waals surface area contributed by atoms with E-state index in [1.807, 2.05) is 13.8 Å². The van der Waals surface area contributed by atoms with Gasteiger partial charge < -0.3 is 6.15 Å². The molecule has 2 nitrogen and oxygen atoms in total. The summed E-state index contributed by atoms with van der Waals surface area (Å²) in [6.45, 7) is 3.92. The summed E-state index contributed by atoms with van der Waals surface area (Å²) in [5, 5.41) is -0.241. The molecule has 8 heavy (non-hydrogen) atoms. The number of hydrogen-bond donors (Lipinski definition) is 1. The van der Waals surface area contributed by atoms with Gasteiger partial charge in [0.2, 0.25) is 5.24 Å². The van der Waals surface area contributed by atoms with Crippen molar-refractivity contribution in [3.05, 3.63) is 0 Å². The molecule has 0 aromatic carbocycles. The molecule has 0 spiro atoms. The van der Waals surface area contributed by atoms with Crippen LogP contribution in [0, 0.1) is 5.92 Å². The zero-order valence-corrected chi connectivity index (χ0v) is 6.03. The van der Waals surface area contributed by atoms with Crippen LogP contribution >= 0.6 is 11.6 Å². The van der Waals surface area contributed by atoms with Gasteiger partial charge in [0.05, 0.1) is 0 Å². The molecule has 0 aliphatic rings. The fourth-order valence-corrected chi connectivity index (χ4v) is 0.630. The molecule has 0 fully saturated rings. The normalized spacial score (nSPS) is 8.50. The maximum atomic E-state index is 10.0. The maximum absolute atomic E-state index is 10.0. The first kappa shape index (κ1) is 10.8. The zero-order valence-electron chi connectivity index (χ0n) is 5.28. The molecule has 0 amide bonds. The topological polar surface area (TPSA) is 52.1 Å². The Balaban J connectivity index is 0. The summed E-state index contributed by atoms with van der Waals surface area (Å²) in [5.74, 6) is 0.394. The van der Waals surface area contributed by atoms with E-state index in [1.165, 1.54) is 0 Å². The Labute approximate surface area is 54.8 Å². The molecule has 0 heterocycles. The average Bonchev–Trinajstić information content (AvgIpc) is 1.27. The van der Waals surface area contributed by atoms with Gasteiger partial charge in [-0.3, -0.25) is 4.79 Å². The highest BCUT2D eigenvalue weighted by Gasteiger charge is 1.97. The van der Waals surface area contributed by atoms with E-state index >= 15 is 0 Å². The predicted molar refractivity (Wildman–Crippen MR) is 35.3 cm³/mol. The Hall–Kier alpha value is -0.0800. The molecule has 0 aliphatic carbocycles. The molecular weight excluding hydrogens is 126 g/mol. The standard InChI is InChI=1S/C5H9ClO.H3N/c1-4(2)3-5(6)7;/h4H,3H2,1-2H3;1H3. The molecule has 3 N–H and O–H groups in total. The third kappa shape index (κ3) is 9.33. The number of rotatable bonds is 2. The van der Waals surface area contributed by atoms with E-state index < -0.39 is 0 Å². The van der Waals surface area contributed by atoms with Crippen molar-refractivity contribution in [1.82, 2.24) is 6.15 Å². The molecule has 0 aliphatic heterocycles. The van der Waals surface area contributed by atoms with Crippen molar-refractivity contribution in [2.75, 3.05) is 0 Å². The second-order valence-electron chi connectivity index (χ2n) is 1.95. The molecule has 0 atom stereocenters. The zero-order chi connectivity index (χ0) is 5.86. The molecule has 0 bridgehead atoms. The van der Waals surface area contributed by atoms with Crippen LogP contribution in [0.1, 0.15) is 20.3 Å². The molecule has 3 heteroatoms. The van der Waals surface area contributed by atoms with Crippen LogP contribution in [0.2, 0.25) is 0 Å². The van der Waals surface area contributed by atoms with Crippen molar-refractivity contribution >= 4 is 16.8 Å². The van der Waals surface area contributed by atoms with E-state index in [-0.39, 0.29) is 11.4 Å². The Bertz CT molecular complexity index is 72.8. The second kappa shape index (κ2) is 5.06. The summed E-state index contributed by atoms with van der Waals surface area (Å²) in [7, 11) is 0. The van der Waals surface area contributed by atoms with Gasteiger partial charge in [0, 0.05) is 6.42 Å². The molecule has 0 saturated carbocycles. The van der Waals surface area contributed by atoms with E-state index in [4.69, 9.17) is 11.6 Å². The maximum Gasteiger partial charge on any atom is 0.221 e. The lowest BCUT2D eigenvalue weighted by molar-refractivity contribution is -0.112. The average molecular weight is 138 g/mol. The fraction of sp³-hybridized carbons (Fsp3) is 0.800. The van der Waals surface area contributed by atoms with Gasteiger partial charge in [-0.2, -0.15) is 0 Å². The fourth-order valence-electron chi connectivity index (χ4n) is 0.321. The first-order valence-corrected chi connectivity index (χ1v) is 2.69. The van der Waals surface area contributed by atoms with Crippen LogP contribution in [0.3, 0.4) is 0 Å². The molecule has 0 saturated heterocycles. The van der Waals surface area contributed by atoms with E-state index in [2.05, 4.69) is 0 Å². The number of carbonyl (C=O) groups excluding carboxylic acids is 1. The van der Waals surface area contributed by atoms with Gasteiger partial charge in [-0.15, -0.1) is 0 Å². The van der Waals surface area contributed by atoms with E-state index in [0.29, 0.717) is 12.3 Å². The van der Waals surface area contributed by atoms with E-state index in [0.717, 1.165) is 0 Å². The lowest BCUT2D eigenvalue weighted by Crippen LogP contribution is -1.92. The Morgan fingerprint density at radius 3 is 2.00 bits per heavy atom. The minimum atomic E-state index is -0.241. The highest BCUT2D eigenvalue weighted by atomic mass is 35.5. The van der Waals surface area contributed by atoms with E-state index in [1.54, 1.807) is 0 Å². The quantitative estimate of drug-likeness (QED) is 0.592. The van der Waals surface area contributed by atoms with E-state index in [9.17, 15) is 4.79 Å². The van der Waals surface area contributed by atoms with Gasteiger partial charge in [-0.1, -0.05) is 13.8 Å². The Kier molecular flexibility index (Phi) is 6.85. The highest BCUT2D eigenvalue weighted by molar-refractivity contribution is 6.63. The van der Waals surface area contributed by atoms with Crippen LogP contribution < -0.4 is 6.15 Å². The second-order valence-corrected chi connectivity index (χ2v) is 2.37. The lowest BCUT2D eigenvalue weighted by Gasteiger charge is -1.93. The lowest BCUT2D eigenvalue weighted by atomic mass is 10.2. The summed E-state index contributed by atoms with van der Waals surface area (Å²) in [6.07, 6.45) is 0.488. The Morgan fingerprint density at radius 1 is 1.62 bits per heavy atom. The monoisotopic (exact) mass is 137 g/mol. The van der Waals surface area contributed by atoms with Crippen LogP contribution in [0.25, 0.3) is 0 Å². The van der Waals surface area contributed by atoms with Gasteiger partial charge in [-0.25, -0.2) is 0 Å². The Morgan fingerprint density at radius 2 is 2.00 bits per heavy atom. The van der Waals surface area contributed by atoms with Gasteiger partial charge in [0.15, 0.2) is 0 Å². The van der Waals surface area contributed by atoms with Gasteiger partial charge in [-0.05, 0) is 17.5 Å². The summed E-state index contributed by atoms with van der Waals surface area (Å²) >= 11 is 5.03. The molecule has 0 unspecified atom stereocenters. The van der Waals surface area contributed by atoms with Crippen molar-refractivity contribution in [2.45, 2.75) is 20.3 Å². The molecule has 0 radical (unpaired) electrons. The van der Waals surface area contributed by atoms with Crippen molar-refractivity contribution in [2.24, 2.45) is 5.92 Å². The van der Waals surface area contributed by atoms with Gasteiger partial charge >= 0.3 is 0 Å². The van der Waals surface area contributed by atoms with Crippen LogP contribution in [0.5, 0.6) is 0 Å². The van der Waals surface area contributed by atoms with Crippen LogP contribution in [-0.2, 0) is 4.79 Å². The molecular formula is C5H12ClNO. The molecule has 50 valence electrons. The number of hydrogen-bond acceptors (Lipinski definition) is 2. The van der Waals surface area contributed by atoms with Crippen molar-refractivity contribution in [3.8, 4) is 0 Å². The third-order valence-electron chi connectivity index (χ3n) is 0.569. The van der Waals surface area contributed by atoms with Crippen molar-refractivity contribution in [1.29, 1.82) is 0 Å². The summed E-state index contributed by atoms with van der Waals surface area (Å²) in [6, 6.07) is 0.